The molecule has 1 spiro atoms. The fraction of sp³-hybridized carbons (Fsp3) is 0.692. The van der Waals surface area contributed by atoms with Crippen LogP contribution in [0.3, 0.4) is 0 Å². The average molecular weight is 264 g/mol. The number of carbonyl (C=O) groups excluding carboxylic acids is 1. The van der Waals surface area contributed by atoms with Crippen LogP contribution in [0.4, 0.5) is 4.79 Å². The SMILES string of the molecule is Cn1cc(C2CN(C(N)=O)CC23CCOCC3)cn1. The lowest BCUT2D eigenvalue weighted by atomic mass is 9.70. The molecule has 104 valence electrons. The van der Waals surface area contributed by atoms with E-state index in [0.29, 0.717) is 12.5 Å². The highest BCUT2D eigenvalue weighted by molar-refractivity contribution is 5.72. The Kier molecular flexibility index (Phi) is 2.97. The number of nitrogens with zero attached hydrogens (tertiary/aromatic N) is 3. The molecule has 1 atom stereocenters. The smallest absolute Gasteiger partial charge is 0.314 e. The largest absolute Gasteiger partial charge is 0.381 e. The van der Waals surface area contributed by atoms with E-state index in [4.69, 9.17) is 10.5 Å². The summed E-state index contributed by atoms with van der Waals surface area (Å²) in [5.74, 6) is 0.317. The van der Waals surface area contributed by atoms with Crippen molar-refractivity contribution in [2.75, 3.05) is 26.3 Å². The third-order valence-electron chi connectivity index (χ3n) is 4.58. The Morgan fingerprint density at radius 1 is 1.53 bits per heavy atom. The van der Waals surface area contributed by atoms with Crippen molar-refractivity contribution in [2.24, 2.45) is 18.2 Å². The number of likely N-dealkylation sites (tertiary alicyclic amines) is 1. The molecule has 19 heavy (non-hydrogen) atoms. The minimum absolute atomic E-state index is 0.107. The fourth-order valence-corrected chi connectivity index (χ4v) is 3.50. The minimum atomic E-state index is -0.322. The van der Waals surface area contributed by atoms with Crippen LogP contribution < -0.4 is 5.73 Å². The highest BCUT2D eigenvalue weighted by Crippen LogP contribution is 2.49. The third-order valence-corrected chi connectivity index (χ3v) is 4.58. The molecular formula is C13H20N4O2. The normalized spacial score (nSPS) is 25.9. The van der Waals surface area contributed by atoms with E-state index in [9.17, 15) is 4.79 Å². The number of amides is 2. The number of aryl methyl sites for hydroxylation is 1. The maximum Gasteiger partial charge on any atom is 0.314 e. The van der Waals surface area contributed by atoms with Crippen LogP contribution in [0.25, 0.3) is 0 Å². The summed E-state index contributed by atoms with van der Waals surface area (Å²) >= 11 is 0. The quantitative estimate of drug-likeness (QED) is 0.811. The molecule has 0 bridgehead atoms. The van der Waals surface area contributed by atoms with E-state index >= 15 is 0 Å². The van der Waals surface area contributed by atoms with Crippen LogP contribution in [0, 0.1) is 5.41 Å². The van der Waals surface area contributed by atoms with Crippen LogP contribution in [-0.2, 0) is 11.8 Å². The van der Waals surface area contributed by atoms with Crippen molar-refractivity contribution in [1.82, 2.24) is 14.7 Å². The van der Waals surface area contributed by atoms with Crippen molar-refractivity contribution in [3.05, 3.63) is 18.0 Å². The van der Waals surface area contributed by atoms with Crippen LogP contribution in [-0.4, -0.2) is 47.0 Å². The van der Waals surface area contributed by atoms with Gasteiger partial charge in [0.05, 0.1) is 6.20 Å². The van der Waals surface area contributed by atoms with Gasteiger partial charge in [0.1, 0.15) is 0 Å². The van der Waals surface area contributed by atoms with Gasteiger partial charge in [-0.05, 0) is 18.4 Å². The maximum absolute atomic E-state index is 11.5. The predicted octanol–water partition coefficient (Wildman–Crippen LogP) is 0.695. The number of urea groups is 1. The molecular weight excluding hydrogens is 244 g/mol. The minimum Gasteiger partial charge on any atom is -0.381 e. The van der Waals surface area contributed by atoms with Gasteiger partial charge in [-0.15, -0.1) is 0 Å². The van der Waals surface area contributed by atoms with E-state index in [1.807, 2.05) is 24.1 Å². The van der Waals surface area contributed by atoms with Crippen LogP contribution in [0.2, 0.25) is 0 Å². The Morgan fingerprint density at radius 3 is 2.84 bits per heavy atom. The predicted molar refractivity (Wildman–Crippen MR) is 69.6 cm³/mol. The molecule has 1 aromatic rings. The maximum atomic E-state index is 11.5. The molecule has 2 aliphatic rings. The first-order chi connectivity index (χ1) is 9.11. The second kappa shape index (κ2) is 4.52. The van der Waals surface area contributed by atoms with Crippen molar-refractivity contribution < 1.29 is 9.53 Å². The van der Waals surface area contributed by atoms with Crippen molar-refractivity contribution in [2.45, 2.75) is 18.8 Å². The molecule has 2 N–H and O–H groups in total. The van der Waals surface area contributed by atoms with Crippen LogP contribution in [0.15, 0.2) is 12.4 Å². The van der Waals surface area contributed by atoms with Crippen molar-refractivity contribution in [1.29, 1.82) is 0 Å². The number of hydrogen-bond donors (Lipinski definition) is 1. The summed E-state index contributed by atoms with van der Waals surface area (Å²) < 4.78 is 7.30. The summed E-state index contributed by atoms with van der Waals surface area (Å²) in [5.41, 5.74) is 6.78. The van der Waals surface area contributed by atoms with Crippen molar-refractivity contribution in [3.8, 4) is 0 Å². The van der Waals surface area contributed by atoms with E-state index in [-0.39, 0.29) is 11.4 Å². The Morgan fingerprint density at radius 2 is 2.26 bits per heavy atom. The van der Waals surface area contributed by atoms with Gasteiger partial charge in [0.15, 0.2) is 0 Å². The standard InChI is InChI=1S/C13H20N4O2/c1-16-7-10(6-15-16)11-8-17(12(14)18)9-13(11)2-4-19-5-3-13/h6-7,11H,2-5,8-9H2,1H3,(H2,14,18). The van der Waals surface area contributed by atoms with Gasteiger partial charge in [-0.2, -0.15) is 5.10 Å². The molecule has 2 aliphatic heterocycles. The van der Waals surface area contributed by atoms with E-state index < -0.39 is 0 Å². The second-order valence-corrected chi connectivity index (χ2v) is 5.69. The lowest BCUT2D eigenvalue weighted by Crippen LogP contribution is -2.38. The molecule has 3 heterocycles. The number of rotatable bonds is 1. The molecule has 0 aliphatic carbocycles. The highest BCUT2D eigenvalue weighted by Gasteiger charge is 2.49. The van der Waals surface area contributed by atoms with Crippen LogP contribution in [0.5, 0.6) is 0 Å². The molecule has 6 heteroatoms. The second-order valence-electron chi connectivity index (χ2n) is 5.69. The molecule has 6 nitrogen and oxygen atoms in total. The highest BCUT2D eigenvalue weighted by atomic mass is 16.5. The Labute approximate surface area is 112 Å². The molecule has 0 radical (unpaired) electrons. The monoisotopic (exact) mass is 264 g/mol. The van der Waals surface area contributed by atoms with Gasteiger partial charge in [-0.3, -0.25) is 4.68 Å². The molecule has 2 amide bonds. The van der Waals surface area contributed by atoms with Crippen molar-refractivity contribution in [3.63, 3.8) is 0 Å². The first kappa shape index (κ1) is 12.5. The summed E-state index contributed by atoms with van der Waals surface area (Å²) in [7, 11) is 1.92. The summed E-state index contributed by atoms with van der Waals surface area (Å²) in [6.07, 6.45) is 5.92. The Balaban J connectivity index is 1.92. The summed E-state index contributed by atoms with van der Waals surface area (Å²) in [5, 5.41) is 4.26. The van der Waals surface area contributed by atoms with Crippen molar-refractivity contribution >= 4 is 6.03 Å². The lowest BCUT2D eigenvalue weighted by Gasteiger charge is -2.37. The number of ether oxygens (including phenoxy) is 1. The average Bonchev–Trinajstić information content (AvgIpc) is 2.95. The number of primary amides is 1. The fourth-order valence-electron chi connectivity index (χ4n) is 3.50. The zero-order valence-electron chi connectivity index (χ0n) is 11.2. The number of carbonyl (C=O) groups is 1. The zero-order chi connectivity index (χ0) is 13.5. The lowest BCUT2D eigenvalue weighted by molar-refractivity contribution is 0.0135. The molecule has 0 aromatic carbocycles. The number of nitrogens with two attached hydrogens (primary N) is 1. The van der Waals surface area contributed by atoms with E-state index in [0.717, 1.165) is 32.6 Å². The summed E-state index contributed by atoms with van der Waals surface area (Å²) in [6.45, 7) is 2.97. The van der Waals surface area contributed by atoms with Gasteiger partial charge in [0, 0.05) is 50.9 Å². The third kappa shape index (κ3) is 2.10. The first-order valence-corrected chi connectivity index (χ1v) is 6.71. The molecule has 2 fully saturated rings. The zero-order valence-corrected chi connectivity index (χ0v) is 11.2. The first-order valence-electron chi connectivity index (χ1n) is 6.71. The van der Waals surface area contributed by atoms with Gasteiger partial charge in [-0.25, -0.2) is 4.79 Å². The summed E-state index contributed by atoms with van der Waals surface area (Å²) in [4.78, 5) is 13.3. The van der Waals surface area contributed by atoms with Gasteiger partial charge >= 0.3 is 6.03 Å². The molecule has 1 unspecified atom stereocenters. The van der Waals surface area contributed by atoms with Gasteiger partial charge < -0.3 is 15.4 Å². The van der Waals surface area contributed by atoms with Gasteiger partial charge in [0.25, 0.3) is 0 Å². The molecule has 2 saturated heterocycles. The number of hydrogen-bond acceptors (Lipinski definition) is 3. The van der Waals surface area contributed by atoms with Crippen LogP contribution >= 0.6 is 0 Å². The Hall–Kier alpha value is -1.56. The van der Waals surface area contributed by atoms with Gasteiger partial charge in [0.2, 0.25) is 0 Å². The summed E-state index contributed by atoms with van der Waals surface area (Å²) in [6, 6.07) is -0.322. The van der Waals surface area contributed by atoms with E-state index in [1.54, 1.807) is 4.90 Å². The number of aromatic nitrogens is 2. The molecule has 0 saturated carbocycles. The molecule has 1 aromatic heterocycles. The topological polar surface area (TPSA) is 73.4 Å². The van der Waals surface area contributed by atoms with Gasteiger partial charge in [-0.1, -0.05) is 0 Å². The van der Waals surface area contributed by atoms with E-state index in [1.165, 1.54) is 5.56 Å². The molecule has 3 rings (SSSR count). The Bertz CT molecular complexity index is 479. The van der Waals surface area contributed by atoms with E-state index in [2.05, 4.69) is 5.10 Å². The van der Waals surface area contributed by atoms with Crippen LogP contribution in [0.1, 0.15) is 24.3 Å².